The standard InChI is InChI=1S/C77H92IN7O21/c1-3-76(63-46-66-71-56(48-85(66)73(89)62(63)50-102-74(76)90)44-55-45-67-68(105-53-104-67)47-65(55)84-71)106-75(91)103-49-54-17-21-60(22-18-54)82-72(88)64(16-10-11-25-80-77(57-12-6-4-7-13-57,58-14-8-5-9-15-58)59-19-23-61(92-2)24-20-59)83-70(87)52-101-51-69(86)79-26-28-93-30-32-95-34-36-97-38-40-99-42-43-100-41-39-98-37-35-96-33-31-94-29-27-81-78/h4-9,12-15,17-24,44-47,64,80-81H,3,10-11,16,25-43,48-53H2,1-2H3,(H,79,86)(H,82,88)(H,83,87)/t64-,76-/m0/s1. The van der Waals surface area contributed by atoms with Gasteiger partial charge in [0.2, 0.25) is 30.1 Å². The van der Waals surface area contributed by atoms with E-state index in [0.29, 0.717) is 158 Å². The van der Waals surface area contributed by atoms with E-state index in [1.54, 1.807) is 55.0 Å². The van der Waals surface area contributed by atoms with Crippen LogP contribution in [0.4, 0.5) is 10.5 Å². The van der Waals surface area contributed by atoms with Crippen LogP contribution in [0.2, 0.25) is 0 Å². The summed E-state index contributed by atoms with van der Waals surface area (Å²) in [5, 5.41) is 13.1. The summed E-state index contributed by atoms with van der Waals surface area (Å²) in [6.07, 6.45) is 0.0242. The number of hydrogen-bond acceptors (Lipinski definition) is 24. The maximum atomic E-state index is 14.3. The van der Waals surface area contributed by atoms with Gasteiger partial charge in [-0.25, -0.2) is 14.6 Å². The number of hydrogen-bond donors (Lipinski definition) is 5. The molecule has 568 valence electrons. The first-order valence-electron chi connectivity index (χ1n) is 35.5. The van der Waals surface area contributed by atoms with Gasteiger partial charge in [-0.05, 0) is 96.9 Å². The third kappa shape index (κ3) is 22.2. The van der Waals surface area contributed by atoms with E-state index >= 15 is 0 Å². The largest absolute Gasteiger partial charge is 0.510 e. The molecule has 0 fully saturated rings. The fourth-order valence-corrected chi connectivity index (χ4v) is 12.6. The van der Waals surface area contributed by atoms with Crippen LogP contribution in [0.15, 0.2) is 138 Å². The average molecular weight is 1580 g/mol. The molecular weight excluding hydrogens is 1490 g/mol. The first-order valence-corrected chi connectivity index (χ1v) is 36.5. The van der Waals surface area contributed by atoms with Crippen LogP contribution in [-0.4, -0.2) is 198 Å². The highest BCUT2D eigenvalue weighted by Gasteiger charge is 2.51. The number of carbonyl (C=O) groups excluding carboxylic acids is 5. The monoisotopic (exact) mass is 1580 g/mol. The Balaban J connectivity index is 0.667. The molecule has 3 aliphatic heterocycles. The summed E-state index contributed by atoms with van der Waals surface area (Å²) in [5.41, 5.74) is 3.40. The first kappa shape index (κ1) is 79.9. The Hall–Kier alpha value is -8.70. The second-order valence-corrected chi connectivity index (χ2v) is 25.4. The van der Waals surface area contributed by atoms with Gasteiger partial charge >= 0.3 is 12.1 Å². The molecule has 7 aromatic rings. The zero-order valence-corrected chi connectivity index (χ0v) is 61.8. The molecule has 28 nitrogen and oxygen atoms in total. The van der Waals surface area contributed by atoms with Gasteiger partial charge in [0.05, 0.1) is 147 Å². The van der Waals surface area contributed by atoms with Gasteiger partial charge in [0.25, 0.3) is 5.56 Å². The molecule has 3 aliphatic rings. The Bertz CT molecular complexity index is 3990. The predicted molar refractivity (Wildman–Crippen MR) is 397 cm³/mol. The Morgan fingerprint density at radius 3 is 1.77 bits per heavy atom. The minimum absolute atomic E-state index is 0.0835. The number of esters is 1. The summed E-state index contributed by atoms with van der Waals surface area (Å²) in [5.74, 6) is -0.596. The van der Waals surface area contributed by atoms with Crippen molar-refractivity contribution in [3.63, 3.8) is 0 Å². The van der Waals surface area contributed by atoms with Crippen molar-refractivity contribution < 1.29 is 95.0 Å². The molecule has 0 aliphatic carbocycles. The summed E-state index contributed by atoms with van der Waals surface area (Å²) in [7, 11) is 1.63. The van der Waals surface area contributed by atoms with Crippen LogP contribution in [0.3, 0.4) is 0 Å². The Kier molecular flexibility index (Phi) is 31.6. The molecule has 0 bridgehead atoms. The van der Waals surface area contributed by atoms with Gasteiger partial charge < -0.3 is 91.6 Å². The van der Waals surface area contributed by atoms with E-state index in [9.17, 15) is 28.8 Å². The molecule has 0 spiro atoms. The SMILES string of the molecule is CC[C@@]1(OC(=O)OCc2ccc(NC(=O)[C@H](CCCCNC(c3ccccc3)(c3ccccc3)c3ccc(OC)cc3)NC(=O)COCC(=O)NCCOCCOCCOCCOCCOCCOCCOCCOCCNI)cc2)C(=O)OCc2c1cc1n(c2=O)Cc2cc3cc4c(cc3nc2-1)OCO4. The number of carbonyl (C=O) groups is 5. The van der Waals surface area contributed by atoms with Crippen LogP contribution in [0.5, 0.6) is 17.2 Å². The lowest BCUT2D eigenvalue weighted by Crippen LogP contribution is -2.47. The topological polar surface area (TPSA) is 319 Å². The van der Waals surface area contributed by atoms with E-state index in [2.05, 4.69) is 71.9 Å². The summed E-state index contributed by atoms with van der Waals surface area (Å²) >= 11 is 2.08. The van der Waals surface area contributed by atoms with E-state index in [1.807, 2.05) is 72.8 Å². The smallest absolute Gasteiger partial charge is 0.497 e. The first-order chi connectivity index (χ1) is 51.9. The number of unbranched alkanes of at least 4 members (excludes halogenated alkanes) is 1. The lowest BCUT2D eigenvalue weighted by molar-refractivity contribution is -0.175. The van der Waals surface area contributed by atoms with Gasteiger partial charge in [-0.15, -0.1) is 0 Å². The Morgan fingerprint density at radius 2 is 1.19 bits per heavy atom. The van der Waals surface area contributed by atoms with Crippen molar-refractivity contribution in [2.24, 2.45) is 0 Å². The van der Waals surface area contributed by atoms with Crippen LogP contribution in [0.1, 0.15) is 71.6 Å². The average Bonchev–Trinajstić information content (AvgIpc) is 1.46. The molecule has 29 heteroatoms. The van der Waals surface area contributed by atoms with Crippen LogP contribution in [0.25, 0.3) is 22.3 Å². The number of aromatic nitrogens is 2. The van der Waals surface area contributed by atoms with Gasteiger partial charge in [0.15, 0.2) is 11.5 Å². The predicted octanol–water partition coefficient (Wildman–Crippen LogP) is 7.56. The summed E-state index contributed by atoms with van der Waals surface area (Å²) in [6, 6.07) is 40.9. The van der Waals surface area contributed by atoms with E-state index in [1.165, 1.54) is 0 Å². The Labute approximate surface area is 628 Å². The number of anilines is 1. The quantitative estimate of drug-likeness (QED) is 0.00807. The number of nitrogens with one attached hydrogen (secondary N) is 5. The molecule has 5 N–H and O–H groups in total. The molecule has 2 aromatic heterocycles. The summed E-state index contributed by atoms with van der Waals surface area (Å²) < 4.78 is 87.9. The van der Waals surface area contributed by atoms with Crippen LogP contribution in [-0.2, 0) is 107 Å². The molecular formula is C77H92IN7O21. The third-order valence-corrected chi connectivity index (χ3v) is 18.2. The number of nitrogens with zero attached hydrogens (tertiary/aromatic N) is 2. The van der Waals surface area contributed by atoms with Crippen molar-refractivity contribution in [2.75, 3.05) is 158 Å². The fourth-order valence-electron chi connectivity index (χ4n) is 12.3. The molecule has 0 unspecified atom stereocenters. The maximum absolute atomic E-state index is 14.3. The third-order valence-electron chi connectivity index (χ3n) is 17.7. The van der Waals surface area contributed by atoms with Crippen molar-refractivity contribution in [1.82, 2.24) is 29.0 Å². The fraction of sp³-hybridized carbons (Fsp3) is 0.442. The summed E-state index contributed by atoms with van der Waals surface area (Å²) in [6.45, 7) is 8.90. The number of cyclic esters (lactones) is 1. The molecule has 2 atom stereocenters. The molecule has 10 rings (SSSR count). The van der Waals surface area contributed by atoms with E-state index in [4.69, 9.17) is 76.0 Å². The lowest BCUT2D eigenvalue weighted by Gasteiger charge is -2.37. The highest BCUT2D eigenvalue weighted by atomic mass is 127. The van der Waals surface area contributed by atoms with Gasteiger partial charge in [-0.1, -0.05) is 91.9 Å². The minimum atomic E-state index is -2.02. The lowest BCUT2D eigenvalue weighted by atomic mass is 9.77. The van der Waals surface area contributed by atoms with E-state index < -0.39 is 65.8 Å². The molecule has 5 heterocycles. The van der Waals surface area contributed by atoms with Crippen molar-refractivity contribution >= 4 is 69.3 Å². The normalized spacial score (nSPS) is 14.4. The van der Waals surface area contributed by atoms with Crippen molar-refractivity contribution in [1.29, 1.82) is 0 Å². The summed E-state index contributed by atoms with van der Waals surface area (Å²) in [4.78, 5) is 87.2. The van der Waals surface area contributed by atoms with Crippen LogP contribution < -0.4 is 44.6 Å². The second kappa shape index (κ2) is 42.0. The molecule has 5 aromatic carbocycles. The molecule has 0 saturated heterocycles. The highest BCUT2D eigenvalue weighted by Crippen LogP contribution is 2.43. The number of fused-ring (bicyclic) bond motifs is 6. The van der Waals surface area contributed by atoms with Gasteiger partial charge in [0, 0.05) is 64.2 Å². The number of pyridine rings is 2. The second-order valence-electron chi connectivity index (χ2n) is 24.7. The molecule has 0 saturated carbocycles. The van der Waals surface area contributed by atoms with E-state index in [-0.39, 0.29) is 63.7 Å². The minimum Gasteiger partial charge on any atom is -0.497 e. The van der Waals surface area contributed by atoms with Crippen LogP contribution >= 0.6 is 22.9 Å². The zero-order chi connectivity index (χ0) is 74.2. The van der Waals surface area contributed by atoms with E-state index in [0.717, 1.165) is 39.9 Å². The van der Waals surface area contributed by atoms with Gasteiger partial charge in [-0.2, -0.15) is 0 Å². The van der Waals surface area contributed by atoms with Crippen molar-refractivity contribution in [3.05, 3.63) is 183 Å². The number of methoxy groups -OCH3 is 1. The van der Waals surface area contributed by atoms with Gasteiger partial charge in [-0.3, -0.25) is 28.0 Å². The van der Waals surface area contributed by atoms with Crippen LogP contribution in [0, 0.1) is 0 Å². The number of ether oxygens (including phenoxy) is 15. The number of halogens is 1. The van der Waals surface area contributed by atoms with Crippen molar-refractivity contribution in [2.45, 2.75) is 69.5 Å². The zero-order valence-electron chi connectivity index (χ0n) is 59.6. The number of benzene rings is 5. The highest BCUT2D eigenvalue weighted by molar-refractivity contribution is 14.1. The number of rotatable bonds is 48. The maximum Gasteiger partial charge on any atom is 0.510 e. The number of amides is 3. The van der Waals surface area contributed by atoms with Crippen molar-refractivity contribution in [3.8, 4) is 28.6 Å². The molecule has 106 heavy (non-hydrogen) atoms. The molecule has 3 amide bonds. The Morgan fingerprint density at radius 1 is 0.623 bits per heavy atom. The van der Waals surface area contributed by atoms with Gasteiger partial charge in [0.1, 0.15) is 38.2 Å². The molecule has 0 radical (unpaired) electrons.